The Balaban J connectivity index is 2.25. The van der Waals surface area contributed by atoms with Crippen molar-refractivity contribution >= 4 is 5.78 Å². The maximum absolute atomic E-state index is 12.6. The van der Waals surface area contributed by atoms with E-state index in [-0.39, 0.29) is 11.7 Å². The highest BCUT2D eigenvalue weighted by Crippen LogP contribution is 2.30. The molecule has 1 fully saturated rings. The van der Waals surface area contributed by atoms with E-state index in [1.54, 1.807) is 12.1 Å². The molecule has 2 heteroatoms. The normalized spacial score (nSPS) is 22.2. The third-order valence-corrected chi connectivity index (χ3v) is 2.58. The van der Waals surface area contributed by atoms with Crippen LogP contribution in [0.25, 0.3) is 0 Å². The van der Waals surface area contributed by atoms with Crippen LogP contribution in [0.15, 0.2) is 24.3 Å². The Bertz CT molecular complexity index is 315. The lowest BCUT2D eigenvalue weighted by molar-refractivity contribution is -0.118. The average molecular weight is 178 g/mol. The van der Waals surface area contributed by atoms with E-state index in [9.17, 15) is 9.18 Å². The van der Waals surface area contributed by atoms with Crippen LogP contribution >= 0.6 is 0 Å². The molecule has 1 aliphatic rings. The SMILES string of the molecule is O=C1CCC[C@@H]1c1ccc(F)cc1. The predicted molar refractivity (Wildman–Crippen MR) is 48.0 cm³/mol. The van der Waals surface area contributed by atoms with E-state index in [2.05, 4.69) is 0 Å². The second-order valence-electron chi connectivity index (χ2n) is 3.46. The fraction of sp³-hybridized carbons (Fsp3) is 0.364. The lowest BCUT2D eigenvalue weighted by Crippen LogP contribution is -2.03. The van der Waals surface area contributed by atoms with Gasteiger partial charge in [-0.3, -0.25) is 4.79 Å². The Morgan fingerprint density at radius 3 is 2.46 bits per heavy atom. The molecule has 0 aromatic heterocycles. The average Bonchev–Trinajstić information content (AvgIpc) is 2.53. The molecule has 0 N–H and O–H groups in total. The molecule has 1 aliphatic carbocycles. The Morgan fingerprint density at radius 2 is 1.92 bits per heavy atom. The van der Waals surface area contributed by atoms with Gasteiger partial charge in [0.2, 0.25) is 0 Å². The van der Waals surface area contributed by atoms with Crippen molar-refractivity contribution in [1.29, 1.82) is 0 Å². The van der Waals surface area contributed by atoms with Gasteiger partial charge in [-0.2, -0.15) is 0 Å². The highest BCUT2D eigenvalue weighted by Gasteiger charge is 2.25. The summed E-state index contributed by atoms with van der Waals surface area (Å²) in [5, 5.41) is 0. The van der Waals surface area contributed by atoms with Crippen LogP contribution in [0.3, 0.4) is 0 Å². The lowest BCUT2D eigenvalue weighted by Gasteiger charge is -2.06. The molecular formula is C11H11FO. The third kappa shape index (κ3) is 1.62. The predicted octanol–water partition coefficient (Wildman–Crippen LogP) is 2.66. The summed E-state index contributed by atoms with van der Waals surface area (Å²) >= 11 is 0. The monoisotopic (exact) mass is 178 g/mol. The first-order valence-electron chi connectivity index (χ1n) is 4.55. The molecule has 0 unspecified atom stereocenters. The largest absolute Gasteiger partial charge is 0.299 e. The van der Waals surface area contributed by atoms with Crippen LogP contribution < -0.4 is 0 Å². The van der Waals surface area contributed by atoms with Gasteiger partial charge < -0.3 is 0 Å². The smallest absolute Gasteiger partial charge is 0.140 e. The van der Waals surface area contributed by atoms with Crippen molar-refractivity contribution in [1.82, 2.24) is 0 Å². The van der Waals surface area contributed by atoms with Gasteiger partial charge in [0.25, 0.3) is 0 Å². The number of hydrogen-bond donors (Lipinski definition) is 0. The molecule has 0 heterocycles. The minimum absolute atomic E-state index is 0.0283. The summed E-state index contributed by atoms with van der Waals surface area (Å²) in [7, 11) is 0. The maximum atomic E-state index is 12.6. The van der Waals surface area contributed by atoms with Gasteiger partial charge in [0.15, 0.2) is 0 Å². The number of Topliss-reactive ketones (excluding diaryl/α,β-unsaturated/α-hetero) is 1. The van der Waals surface area contributed by atoms with Gasteiger partial charge >= 0.3 is 0 Å². The standard InChI is InChI=1S/C11H11FO/c12-9-6-4-8(5-7-9)10-2-1-3-11(10)13/h4-7,10H,1-3H2/t10-/m1/s1. The molecular weight excluding hydrogens is 167 g/mol. The highest BCUT2D eigenvalue weighted by atomic mass is 19.1. The number of halogens is 1. The number of ketones is 1. The number of carbonyl (C=O) groups excluding carboxylic acids is 1. The molecule has 1 aromatic carbocycles. The Labute approximate surface area is 76.6 Å². The molecule has 2 rings (SSSR count). The van der Waals surface area contributed by atoms with Crippen LogP contribution in [-0.2, 0) is 4.79 Å². The molecule has 1 saturated carbocycles. The van der Waals surface area contributed by atoms with Gasteiger partial charge in [-0.25, -0.2) is 4.39 Å². The second-order valence-corrected chi connectivity index (χ2v) is 3.46. The zero-order valence-electron chi connectivity index (χ0n) is 7.29. The van der Waals surface area contributed by atoms with E-state index in [0.717, 1.165) is 18.4 Å². The van der Waals surface area contributed by atoms with Crippen LogP contribution in [0.5, 0.6) is 0 Å². The number of carbonyl (C=O) groups is 1. The van der Waals surface area contributed by atoms with Gasteiger partial charge in [0.1, 0.15) is 11.6 Å². The fourth-order valence-electron chi connectivity index (χ4n) is 1.86. The summed E-state index contributed by atoms with van der Waals surface area (Å²) < 4.78 is 12.6. The van der Waals surface area contributed by atoms with Crippen LogP contribution in [0.2, 0.25) is 0 Å². The van der Waals surface area contributed by atoms with Crippen molar-refractivity contribution in [3.05, 3.63) is 35.6 Å². The topological polar surface area (TPSA) is 17.1 Å². The number of hydrogen-bond acceptors (Lipinski definition) is 1. The summed E-state index contributed by atoms with van der Waals surface area (Å²) in [6.45, 7) is 0. The first kappa shape index (κ1) is 8.42. The zero-order chi connectivity index (χ0) is 9.26. The summed E-state index contributed by atoms with van der Waals surface area (Å²) in [5.41, 5.74) is 0.962. The quantitative estimate of drug-likeness (QED) is 0.646. The van der Waals surface area contributed by atoms with Crippen LogP contribution in [-0.4, -0.2) is 5.78 Å². The zero-order valence-corrected chi connectivity index (χ0v) is 7.29. The van der Waals surface area contributed by atoms with Crippen molar-refractivity contribution < 1.29 is 9.18 Å². The Morgan fingerprint density at radius 1 is 1.23 bits per heavy atom. The van der Waals surface area contributed by atoms with Gasteiger partial charge in [-0.15, -0.1) is 0 Å². The van der Waals surface area contributed by atoms with Crippen molar-refractivity contribution in [2.45, 2.75) is 25.2 Å². The van der Waals surface area contributed by atoms with Gasteiger partial charge in [0, 0.05) is 12.3 Å². The fourth-order valence-corrected chi connectivity index (χ4v) is 1.86. The number of rotatable bonds is 1. The molecule has 0 aliphatic heterocycles. The van der Waals surface area contributed by atoms with E-state index in [4.69, 9.17) is 0 Å². The summed E-state index contributed by atoms with van der Waals surface area (Å²) in [4.78, 5) is 11.4. The highest BCUT2D eigenvalue weighted by molar-refractivity contribution is 5.87. The van der Waals surface area contributed by atoms with Gasteiger partial charge in [0.05, 0.1) is 0 Å². The summed E-state index contributed by atoms with van der Waals surface area (Å²) in [6, 6.07) is 6.26. The molecule has 0 radical (unpaired) electrons. The van der Waals surface area contributed by atoms with Crippen molar-refractivity contribution in [2.24, 2.45) is 0 Å². The molecule has 0 saturated heterocycles. The van der Waals surface area contributed by atoms with Crippen molar-refractivity contribution in [2.75, 3.05) is 0 Å². The summed E-state index contributed by atoms with van der Waals surface area (Å²) in [6.07, 6.45) is 2.58. The molecule has 1 nitrogen and oxygen atoms in total. The minimum Gasteiger partial charge on any atom is -0.299 e. The van der Waals surface area contributed by atoms with E-state index in [1.165, 1.54) is 12.1 Å². The van der Waals surface area contributed by atoms with Crippen LogP contribution in [0.4, 0.5) is 4.39 Å². The van der Waals surface area contributed by atoms with Crippen LogP contribution in [0.1, 0.15) is 30.7 Å². The van der Waals surface area contributed by atoms with Gasteiger partial charge in [-0.1, -0.05) is 12.1 Å². The van der Waals surface area contributed by atoms with Crippen molar-refractivity contribution in [3.8, 4) is 0 Å². The van der Waals surface area contributed by atoms with Crippen molar-refractivity contribution in [3.63, 3.8) is 0 Å². The molecule has 0 bridgehead atoms. The molecule has 1 atom stereocenters. The van der Waals surface area contributed by atoms with Gasteiger partial charge in [-0.05, 0) is 30.5 Å². The summed E-state index contributed by atoms with van der Waals surface area (Å²) in [5.74, 6) is 0.0846. The van der Waals surface area contributed by atoms with E-state index in [1.807, 2.05) is 0 Å². The van der Waals surface area contributed by atoms with E-state index in [0.29, 0.717) is 12.2 Å². The van der Waals surface area contributed by atoms with E-state index < -0.39 is 0 Å². The van der Waals surface area contributed by atoms with Crippen LogP contribution in [0, 0.1) is 5.82 Å². The minimum atomic E-state index is -0.241. The third-order valence-electron chi connectivity index (χ3n) is 2.58. The Hall–Kier alpha value is -1.18. The van der Waals surface area contributed by atoms with E-state index >= 15 is 0 Å². The molecule has 0 amide bonds. The second kappa shape index (κ2) is 3.29. The molecule has 68 valence electrons. The first-order valence-corrected chi connectivity index (χ1v) is 4.55. The Kier molecular flexibility index (Phi) is 2.13. The lowest BCUT2D eigenvalue weighted by atomic mass is 9.97. The molecule has 0 spiro atoms. The molecule has 13 heavy (non-hydrogen) atoms. The first-order chi connectivity index (χ1) is 6.27. The number of benzene rings is 1. The maximum Gasteiger partial charge on any atom is 0.140 e. The molecule has 1 aromatic rings.